The van der Waals surface area contributed by atoms with Crippen LogP contribution in [0.25, 0.3) is 10.1 Å². The number of hydrogen-bond acceptors (Lipinski definition) is 9. The molecule has 0 atom stereocenters. The van der Waals surface area contributed by atoms with Gasteiger partial charge in [-0.1, -0.05) is 12.8 Å². The van der Waals surface area contributed by atoms with Crippen molar-refractivity contribution in [2.45, 2.75) is 50.5 Å². The summed E-state index contributed by atoms with van der Waals surface area (Å²) in [7, 11) is 5.88. The van der Waals surface area contributed by atoms with Crippen LogP contribution in [-0.2, 0) is 0 Å². The van der Waals surface area contributed by atoms with Gasteiger partial charge in [0.25, 0.3) is 5.91 Å². The molecule has 0 aromatic carbocycles. The smallest absolute Gasteiger partial charge is 0.263 e. The molecule has 0 bridgehead atoms. The van der Waals surface area contributed by atoms with Crippen molar-refractivity contribution < 1.29 is 4.79 Å². The Morgan fingerprint density at radius 3 is 2.31 bits per heavy atom. The second kappa shape index (κ2) is 11.3. The molecule has 1 saturated carbocycles. The first-order valence-electron chi connectivity index (χ1n) is 14.4. The standard InChI is InChI=1S/C29H40N8OS/c1-34(2)28(38)27-26(20-6-4-5-7-20)23-16-25(30-19-24(23)39-27)33-29-31-17-22(18-32-29)37-14-12-36(13-15-37)21-8-10-35(3)11-9-21/h16-21H,4-15H2,1-3H3,(H,30,31,32,33). The second-order valence-corrected chi connectivity index (χ2v) is 12.6. The zero-order valence-corrected chi connectivity index (χ0v) is 24.2. The van der Waals surface area contributed by atoms with Crippen molar-refractivity contribution in [1.82, 2.24) is 29.7 Å². The first-order chi connectivity index (χ1) is 19.0. The summed E-state index contributed by atoms with van der Waals surface area (Å²) in [6, 6.07) is 2.80. The fourth-order valence-corrected chi connectivity index (χ4v) is 7.70. The Hall–Kier alpha value is -2.82. The largest absolute Gasteiger partial charge is 0.366 e. The number of piperazine rings is 1. The van der Waals surface area contributed by atoms with E-state index in [9.17, 15) is 4.79 Å². The van der Waals surface area contributed by atoms with Crippen LogP contribution in [0.4, 0.5) is 17.5 Å². The van der Waals surface area contributed by atoms with E-state index in [0.29, 0.717) is 17.7 Å². The molecule has 6 rings (SSSR count). The molecule has 3 aromatic rings. The van der Waals surface area contributed by atoms with Gasteiger partial charge in [-0.3, -0.25) is 9.69 Å². The number of aromatic nitrogens is 3. The predicted molar refractivity (Wildman–Crippen MR) is 158 cm³/mol. The van der Waals surface area contributed by atoms with Crippen molar-refractivity contribution in [1.29, 1.82) is 0 Å². The Labute approximate surface area is 235 Å². The molecule has 10 heteroatoms. The maximum atomic E-state index is 13.0. The normalized spacial score (nSPS) is 20.1. The summed E-state index contributed by atoms with van der Waals surface area (Å²) in [5, 5.41) is 4.44. The number of pyridine rings is 1. The van der Waals surface area contributed by atoms with E-state index in [-0.39, 0.29) is 5.91 Å². The zero-order chi connectivity index (χ0) is 26.9. The molecule has 2 saturated heterocycles. The lowest BCUT2D eigenvalue weighted by atomic mass is 9.94. The van der Waals surface area contributed by atoms with Crippen molar-refractivity contribution in [3.8, 4) is 0 Å². The second-order valence-electron chi connectivity index (χ2n) is 11.5. The van der Waals surface area contributed by atoms with Crippen molar-refractivity contribution in [3.63, 3.8) is 0 Å². The molecule has 3 aromatic heterocycles. The number of nitrogens with one attached hydrogen (secondary N) is 1. The quantitative estimate of drug-likeness (QED) is 0.485. The SMILES string of the molecule is CN1CCC(N2CCN(c3cnc(Nc4cc5c(C6CCCC6)c(C(=O)N(C)C)sc5cn4)nc3)CC2)CC1. The third-order valence-electron chi connectivity index (χ3n) is 8.74. The molecule has 0 radical (unpaired) electrons. The number of anilines is 3. The van der Waals surface area contributed by atoms with E-state index < -0.39 is 0 Å². The summed E-state index contributed by atoms with van der Waals surface area (Å²) in [4.78, 5) is 36.9. The van der Waals surface area contributed by atoms with Gasteiger partial charge in [0, 0.05) is 57.9 Å². The van der Waals surface area contributed by atoms with Crippen LogP contribution < -0.4 is 10.2 Å². The summed E-state index contributed by atoms with van der Waals surface area (Å²) in [5.41, 5.74) is 2.27. The highest BCUT2D eigenvalue weighted by Gasteiger charge is 2.29. The minimum Gasteiger partial charge on any atom is -0.366 e. The predicted octanol–water partition coefficient (Wildman–Crippen LogP) is 4.41. The number of nitrogens with zero attached hydrogens (tertiary/aromatic N) is 7. The fourth-order valence-electron chi connectivity index (χ4n) is 6.44. The van der Waals surface area contributed by atoms with Gasteiger partial charge < -0.3 is 20.0 Å². The maximum Gasteiger partial charge on any atom is 0.263 e. The first kappa shape index (κ1) is 26.4. The van der Waals surface area contributed by atoms with E-state index in [4.69, 9.17) is 0 Å². The summed E-state index contributed by atoms with van der Waals surface area (Å²) in [5.74, 6) is 1.77. The summed E-state index contributed by atoms with van der Waals surface area (Å²) in [6.45, 7) is 6.63. The Bertz CT molecular complexity index is 1290. The van der Waals surface area contributed by atoms with Gasteiger partial charge in [0.15, 0.2) is 0 Å². The Morgan fingerprint density at radius 1 is 0.949 bits per heavy atom. The molecular weight excluding hydrogens is 508 g/mol. The monoisotopic (exact) mass is 548 g/mol. The topological polar surface area (TPSA) is 80.7 Å². The fraction of sp³-hybridized carbons (Fsp3) is 0.586. The van der Waals surface area contributed by atoms with E-state index in [1.165, 1.54) is 44.3 Å². The van der Waals surface area contributed by atoms with Crippen LogP contribution >= 0.6 is 11.3 Å². The molecule has 208 valence electrons. The van der Waals surface area contributed by atoms with Crippen molar-refractivity contribution >= 4 is 44.8 Å². The molecule has 5 heterocycles. The molecular formula is C29H40N8OS. The van der Waals surface area contributed by atoms with E-state index in [1.54, 1.807) is 16.2 Å². The lowest BCUT2D eigenvalue weighted by molar-refractivity contribution is 0.0831. The molecule has 1 amide bonds. The van der Waals surface area contributed by atoms with Crippen LogP contribution in [0.2, 0.25) is 0 Å². The minimum atomic E-state index is 0.0821. The number of hydrogen-bond donors (Lipinski definition) is 1. The molecule has 0 spiro atoms. The lowest BCUT2D eigenvalue weighted by Crippen LogP contribution is -2.53. The van der Waals surface area contributed by atoms with Gasteiger partial charge in [-0.05, 0) is 63.4 Å². The van der Waals surface area contributed by atoms with Crippen LogP contribution in [0.3, 0.4) is 0 Å². The van der Waals surface area contributed by atoms with E-state index in [1.807, 2.05) is 32.7 Å². The van der Waals surface area contributed by atoms with E-state index in [0.717, 1.165) is 65.7 Å². The van der Waals surface area contributed by atoms with Crippen LogP contribution in [0.1, 0.15) is 59.7 Å². The summed E-state index contributed by atoms with van der Waals surface area (Å²) in [6.07, 6.45) is 13.0. The molecule has 1 N–H and O–H groups in total. The number of piperidine rings is 1. The number of fused-ring (bicyclic) bond motifs is 1. The third-order valence-corrected chi connectivity index (χ3v) is 9.88. The summed E-state index contributed by atoms with van der Waals surface area (Å²) >= 11 is 1.57. The van der Waals surface area contributed by atoms with Crippen molar-refractivity contribution in [3.05, 3.63) is 35.1 Å². The first-order valence-corrected chi connectivity index (χ1v) is 15.2. The van der Waals surface area contributed by atoms with E-state index >= 15 is 0 Å². The van der Waals surface area contributed by atoms with Gasteiger partial charge in [-0.2, -0.15) is 0 Å². The number of likely N-dealkylation sites (tertiary alicyclic amines) is 1. The van der Waals surface area contributed by atoms with Gasteiger partial charge in [-0.25, -0.2) is 15.0 Å². The van der Waals surface area contributed by atoms with Crippen molar-refractivity contribution in [2.24, 2.45) is 0 Å². The number of amides is 1. The molecule has 0 unspecified atom stereocenters. The maximum absolute atomic E-state index is 13.0. The number of carbonyl (C=O) groups is 1. The number of carbonyl (C=O) groups excluding carboxylic acids is 1. The van der Waals surface area contributed by atoms with Gasteiger partial charge in [0.05, 0.1) is 27.7 Å². The molecule has 9 nitrogen and oxygen atoms in total. The lowest BCUT2D eigenvalue weighted by Gasteiger charge is -2.42. The summed E-state index contributed by atoms with van der Waals surface area (Å²) < 4.78 is 1.06. The van der Waals surface area contributed by atoms with Crippen LogP contribution in [0, 0.1) is 0 Å². The van der Waals surface area contributed by atoms with Crippen LogP contribution in [0.5, 0.6) is 0 Å². The average molecular weight is 549 g/mol. The van der Waals surface area contributed by atoms with Crippen LogP contribution in [0.15, 0.2) is 24.7 Å². The zero-order valence-electron chi connectivity index (χ0n) is 23.4. The molecule has 39 heavy (non-hydrogen) atoms. The Kier molecular flexibility index (Phi) is 7.68. The van der Waals surface area contributed by atoms with Gasteiger partial charge >= 0.3 is 0 Å². The highest BCUT2D eigenvalue weighted by Crippen LogP contribution is 2.44. The molecule has 2 aliphatic heterocycles. The molecule has 3 fully saturated rings. The Morgan fingerprint density at radius 2 is 1.64 bits per heavy atom. The highest BCUT2D eigenvalue weighted by atomic mass is 32.1. The van der Waals surface area contributed by atoms with Gasteiger partial charge in [-0.15, -0.1) is 11.3 Å². The van der Waals surface area contributed by atoms with Crippen LogP contribution in [-0.4, -0.2) is 102 Å². The van der Waals surface area contributed by atoms with Gasteiger partial charge in [0.1, 0.15) is 5.82 Å². The highest BCUT2D eigenvalue weighted by molar-refractivity contribution is 7.21. The Balaban J connectivity index is 1.14. The number of rotatable bonds is 6. The van der Waals surface area contributed by atoms with E-state index in [2.05, 4.69) is 48.1 Å². The molecule has 3 aliphatic rings. The average Bonchev–Trinajstić information content (AvgIpc) is 3.61. The molecule has 1 aliphatic carbocycles. The van der Waals surface area contributed by atoms with Gasteiger partial charge in [0.2, 0.25) is 5.95 Å². The number of thiophene rings is 1. The van der Waals surface area contributed by atoms with Crippen molar-refractivity contribution in [2.75, 3.05) is 70.6 Å². The minimum absolute atomic E-state index is 0.0821. The third kappa shape index (κ3) is 5.60.